The van der Waals surface area contributed by atoms with Crippen LogP contribution in [0.1, 0.15) is 33.1 Å². The summed E-state index contributed by atoms with van der Waals surface area (Å²) < 4.78 is 5.09. The van der Waals surface area contributed by atoms with Gasteiger partial charge >= 0.3 is 0 Å². The van der Waals surface area contributed by atoms with Crippen LogP contribution in [-0.2, 0) is 9.53 Å². The number of ether oxygens (including phenoxy) is 1. The molecule has 0 aromatic rings. The molecule has 1 aliphatic rings. The van der Waals surface area contributed by atoms with Gasteiger partial charge in [0.05, 0.1) is 13.2 Å². The van der Waals surface area contributed by atoms with Gasteiger partial charge in [0, 0.05) is 17.9 Å². The van der Waals surface area contributed by atoms with E-state index in [4.69, 9.17) is 4.74 Å². The summed E-state index contributed by atoms with van der Waals surface area (Å²) in [5, 5.41) is 9.65. The zero-order valence-electron chi connectivity index (χ0n) is 10.2. The summed E-state index contributed by atoms with van der Waals surface area (Å²) in [7, 11) is 1.58. The topological polar surface area (TPSA) is 46.5 Å². The molecule has 0 aliphatic heterocycles. The van der Waals surface area contributed by atoms with Gasteiger partial charge in [0.2, 0.25) is 0 Å². The van der Waals surface area contributed by atoms with Gasteiger partial charge in [0.25, 0.3) is 0 Å². The highest BCUT2D eigenvalue weighted by Crippen LogP contribution is 2.39. The fourth-order valence-corrected chi connectivity index (χ4v) is 1.89. The molecule has 1 N–H and O–H groups in total. The number of aliphatic hydroxyl groups excluding tert-OH is 1. The summed E-state index contributed by atoms with van der Waals surface area (Å²) in [6.07, 6.45) is 2.90. The van der Waals surface area contributed by atoms with Crippen LogP contribution in [0.15, 0.2) is 24.0 Å². The van der Waals surface area contributed by atoms with Crippen LogP contribution in [0.5, 0.6) is 0 Å². The lowest BCUT2D eigenvalue weighted by Gasteiger charge is -2.23. The molecule has 0 bridgehead atoms. The Labute approximate surface area is 96.8 Å². The predicted molar refractivity (Wildman–Crippen MR) is 62.9 cm³/mol. The Bertz CT molecular complexity index is 330. The number of aliphatic hydroxyl groups is 1. The van der Waals surface area contributed by atoms with E-state index in [1.807, 2.05) is 6.92 Å². The van der Waals surface area contributed by atoms with Crippen LogP contribution in [0.2, 0.25) is 0 Å². The van der Waals surface area contributed by atoms with Gasteiger partial charge < -0.3 is 9.84 Å². The van der Waals surface area contributed by atoms with Crippen molar-refractivity contribution in [2.75, 3.05) is 7.11 Å². The molecular formula is C13H20O3. The highest BCUT2D eigenvalue weighted by molar-refractivity contribution is 5.97. The van der Waals surface area contributed by atoms with E-state index in [9.17, 15) is 9.90 Å². The SMILES string of the molecule is C=C(C)[C@@H](O)CC[C@@]1(C)CC(OC)=CC1=O. The van der Waals surface area contributed by atoms with E-state index in [-0.39, 0.29) is 5.78 Å². The minimum Gasteiger partial charge on any atom is -0.501 e. The Balaban J connectivity index is 2.55. The van der Waals surface area contributed by atoms with Crippen LogP contribution in [0.25, 0.3) is 0 Å². The molecule has 3 nitrogen and oxygen atoms in total. The molecule has 16 heavy (non-hydrogen) atoms. The first-order chi connectivity index (χ1) is 7.39. The van der Waals surface area contributed by atoms with Gasteiger partial charge in [-0.05, 0) is 19.8 Å². The van der Waals surface area contributed by atoms with E-state index in [0.29, 0.717) is 19.3 Å². The molecule has 0 amide bonds. The van der Waals surface area contributed by atoms with E-state index < -0.39 is 11.5 Å². The molecule has 1 rings (SSSR count). The molecule has 0 unspecified atom stereocenters. The average Bonchev–Trinajstić information content (AvgIpc) is 2.52. The van der Waals surface area contributed by atoms with Crippen LogP contribution >= 0.6 is 0 Å². The van der Waals surface area contributed by atoms with Gasteiger partial charge in [-0.3, -0.25) is 4.79 Å². The van der Waals surface area contributed by atoms with Gasteiger partial charge in [0.15, 0.2) is 5.78 Å². The number of hydrogen-bond donors (Lipinski definition) is 1. The van der Waals surface area contributed by atoms with E-state index in [0.717, 1.165) is 11.3 Å². The number of hydrogen-bond acceptors (Lipinski definition) is 3. The van der Waals surface area contributed by atoms with Crippen LogP contribution in [0.3, 0.4) is 0 Å². The van der Waals surface area contributed by atoms with Gasteiger partial charge in [-0.25, -0.2) is 0 Å². The van der Waals surface area contributed by atoms with Crippen molar-refractivity contribution in [1.29, 1.82) is 0 Å². The Morgan fingerprint density at radius 2 is 2.38 bits per heavy atom. The molecule has 90 valence electrons. The van der Waals surface area contributed by atoms with Crippen LogP contribution in [0.4, 0.5) is 0 Å². The monoisotopic (exact) mass is 224 g/mol. The lowest BCUT2D eigenvalue weighted by Crippen LogP contribution is -2.24. The van der Waals surface area contributed by atoms with Gasteiger partial charge in [-0.15, -0.1) is 0 Å². The average molecular weight is 224 g/mol. The summed E-state index contributed by atoms with van der Waals surface area (Å²) in [4.78, 5) is 11.8. The maximum atomic E-state index is 11.8. The molecule has 0 radical (unpaired) electrons. The summed E-state index contributed by atoms with van der Waals surface area (Å²) in [6, 6.07) is 0. The lowest BCUT2D eigenvalue weighted by atomic mass is 9.80. The van der Waals surface area contributed by atoms with Gasteiger partial charge in [-0.1, -0.05) is 19.1 Å². The minimum absolute atomic E-state index is 0.0956. The zero-order valence-corrected chi connectivity index (χ0v) is 10.2. The number of ketones is 1. The molecule has 0 fully saturated rings. The third-order valence-electron chi connectivity index (χ3n) is 3.25. The molecule has 0 heterocycles. The number of carbonyl (C=O) groups is 1. The molecule has 2 atom stereocenters. The lowest BCUT2D eigenvalue weighted by molar-refractivity contribution is -0.122. The summed E-state index contributed by atoms with van der Waals surface area (Å²) in [5.74, 6) is 0.829. The Kier molecular flexibility index (Phi) is 3.92. The van der Waals surface area contributed by atoms with Crippen LogP contribution in [0, 0.1) is 5.41 Å². The first-order valence-corrected chi connectivity index (χ1v) is 5.51. The second-order valence-corrected chi connectivity index (χ2v) is 4.82. The Morgan fingerprint density at radius 1 is 1.75 bits per heavy atom. The number of rotatable bonds is 5. The van der Waals surface area contributed by atoms with Crippen molar-refractivity contribution in [2.45, 2.75) is 39.2 Å². The first kappa shape index (κ1) is 13.0. The second kappa shape index (κ2) is 4.83. The van der Waals surface area contributed by atoms with E-state index in [1.165, 1.54) is 0 Å². The summed E-state index contributed by atoms with van der Waals surface area (Å²) in [5.41, 5.74) is 0.330. The first-order valence-electron chi connectivity index (χ1n) is 5.51. The molecule has 0 aromatic heterocycles. The van der Waals surface area contributed by atoms with Crippen molar-refractivity contribution in [3.8, 4) is 0 Å². The standard InChI is InChI=1S/C13H20O3/c1-9(2)11(14)5-6-13(3)8-10(16-4)7-12(13)15/h7,11,14H,1,5-6,8H2,2-4H3/t11-,13-/m0/s1. The van der Waals surface area contributed by atoms with Crippen molar-refractivity contribution < 1.29 is 14.6 Å². The molecule has 0 saturated heterocycles. The minimum atomic E-state index is -0.517. The van der Waals surface area contributed by atoms with Gasteiger partial charge in [-0.2, -0.15) is 0 Å². The van der Waals surface area contributed by atoms with Crippen LogP contribution in [-0.4, -0.2) is 24.1 Å². The maximum Gasteiger partial charge on any atom is 0.165 e. The Morgan fingerprint density at radius 3 is 2.81 bits per heavy atom. The maximum absolute atomic E-state index is 11.8. The highest BCUT2D eigenvalue weighted by Gasteiger charge is 2.38. The number of carbonyl (C=O) groups excluding carboxylic acids is 1. The molecule has 0 aromatic carbocycles. The number of methoxy groups -OCH3 is 1. The van der Waals surface area contributed by atoms with E-state index in [1.54, 1.807) is 20.1 Å². The van der Waals surface area contributed by atoms with Gasteiger partial charge in [0.1, 0.15) is 5.76 Å². The molecule has 0 saturated carbocycles. The van der Waals surface area contributed by atoms with E-state index >= 15 is 0 Å². The third-order valence-corrected chi connectivity index (χ3v) is 3.25. The van der Waals surface area contributed by atoms with Crippen LogP contribution < -0.4 is 0 Å². The van der Waals surface area contributed by atoms with Crippen molar-refractivity contribution in [3.05, 3.63) is 24.0 Å². The Hall–Kier alpha value is -1.09. The molecular weight excluding hydrogens is 204 g/mol. The molecule has 1 aliphatic carbocycles. The van der Waals surface area contributed by atoms with E-state index in [2.05, 4.69) is 6.58 Å². The van der Waals surface area contributed by atoms with Crippen molar-refractivity contribution in [3.63, 3.8) is 0 Å². The summed E-state index contributed by atoms with van der Waals surface area (Å²) in [6.45, 7) is 7.41. The highest BCUT2D eigenvalue weighted by atomic mass is 16.5. The normalized spacial score (nSPS) is 26.5. The smallest absolute Gasteiger partial charge is 0.165 e. The van der Waals surface area contributed by atoms with Crippen molar-refractivity contribution in [1.82, 2.24) is 0 Å². The van der Waals surface area contributed by atoms with Crippen molar-refractivity contribution >= 4 is 5.78 Å². The number of allylic oxidation sites excluding steroid dienone is 2. The summed E-state index contributed by atoms with van der Waals surface area (Å²) >= 11 is 0. The zero-order chi connectivity index (χ0) is 12.3. The fraction of sp³-hybridized carbons (Fsp3) is 0.615. The third kappa shape index (κ3) is 2.73. The van der Waals surface area contributed by atoms with Crippen molar-refractivity contribution in [2.24, 2.45) is 5.41 Å². The quantitative estimate of drug-likeness (QED) is 0.728. The predicted octanol–water partition coefficient (Wildman–Crippen LogP) is 2.21. The molecule has 0 spiro atoms. The molecule has 3 heteroatoms. The fourth-order valence-electron chi connectivity index (χ4n) is 1.89. The second-order valence-electron chi connectivity index (χ2n) is 4.82. The largest absolute Gasteiger partial charge is 0.501 e.